The molecule has 0 saturated carbocycles. The molecular weight excluding hydrogens is 116 g/mol. The summed E-state index contributed by atoms with van der Waals surface area (Å²) in [6, 6.07) is 0. The zero-order valence-corrected chi connectivity index (χ0v) is 5.04. The third-order valence-corrected chi connectivity index (χ3v) is 0.917. The van der Waals surface area contributed by atoms with Crippen LogP contribution in [0.25, 0.3) is 0 Å². The van der Waals surface area contributed by atoms with Gasteiger partial charge >= 0.3 is 0 Å². The molecule has 0 amide bonds. The van der Waals surface area contributed by atoms with Crippen molar-refractivity contribution in [2.75, 3.05) is 0 Å². The molecule has 0 aliphatic carbocycles. The van der Waals surface area contributed by atoms with Gasteiger partial charge in [-0.25, -0.2) is 0 Å². The first-order valence-corrected chi connectivity index (χ1v) is 2.73. The van der Waals surface area contributed by atoms with Crippen molar-refractivity contribution < 1.29 is 9.78 Å². The molecule has 9 heavy (non-hydrogen) atoms. The van der Waals surface area contributed by atoms with E-state index in [1.165, 1.54) is 6.26 Å². The molecule has 0 aromatic rings. The highest BCUT2D eigenvalue weighted by Gasteiger charge is 1.97. The van der Waals surface area contributed by atoms with E-state index in [1.807, 2.05) is 6.08 Å². The van der Waals surface area contributed by atoms with Gasteiger partial charge in [-0.15, -0.1) is 6.58 Å². The molecule has 0 aromatic heterocycles. The van der Waals surface area contributed by atoms with E-state index in [0.717, 1.165) is 5.76 Å². The Bertz CT molecular complexity index is 156. The van der Waals surface area contributed by atoms with Crippen LogP contribution in [0.3, 0.4) is 0 Å². The van der Waals surface area contributed by atoms with Gasteiger partial charge < -0.3 is 0 Å². The molecule has 0 fully saturated rings. The Labute approximate surface area is 54.0 Å². The molecule has 1 heterocycles. The van der Waals surface area contributed by atoms with Gasteiger partial charge in [0.15, 0.2) is 5.76 Å². The smallest absolute Gasteiger partial charge is 0.159 e. The fourth-order valence-electron chi connectivity index (χ4n) is 0.540. The Morgan fingerprint density at radius 1 is 1.67 bits per heavy atom. The second-order valence-electron chi connectivity index (χ2n) is 1.63. The SMILES string of the molecule is C=CCC1=CC=COO1. The molecule has 0 atom stereocenters. The normalized spacial score (nSPS) is 15.3. The maximum absolute atomic E-state index is 4.72. The quantitative estimate of drug-likeness (QED) is 0.413. The predicted molar refractivity (Wildman–Crippen MR) is 34.2 cm³/mol. The zero-order valence-electron chi connectivity index (χ0n) is 5.04. The van der Waals surface area contributed by atoms with Crippen molar-refractivity contribution in [3.05, 3.63) is 36.8 Å². The molecule has 48 valence electrons. The summed E-state index contributed by atoms with van der Waals surface area (Å²) in [5, 5.41) is 0. The molecule has 0 radical (unpaired) electrons. The van der Waals surface area contributed by atoms with Crippen molar-refractivity contribution in [3.8, 4) is 0 Å². The van der Waals surface area contributed by atoms with Gasteiger partial charge in [-0.2, -0.15) is 0 Å². The lowest BCUT2D eigenvalue weighted by atomic mass is 10.3. The van der Waals surface area contributed by atoms with Crippen LogP contribution >= 0.6 is 0 Å². The molecule has 0 saturated heterocycles. The standard InChI is InChI=1S/C7H8O2/c1-2-4-7-5-3-6-8-9-7/h2-3,5-6H,1,4H2. The molecule has 0 unspecified atom stereocenters. The molecular formula is C7H8O2. The van der Waals surface area contributed by atoms with Crippen LogP contribution in [0.1, 0.15) is 6.42 Å². The van der Waals surface area contributed by atoms with Gasteiger partial charge in [0.1, 0.15) is 6.26 Å². The first-order valence-electron chi connectivity index (χ1n) is 2.73. The van der Waals surface area contributed by atoms with Crippen LogP contribution in [0.5, 0.6) is 0 Å². The third kappa shape index (κ3) is 1.64. The summed E-state index contributed by atoms with van der Waals surface area (Å²) >= 11 is 0. The Morgan fingerprint density at radius 3 is 3.11 bits per heavy atom. The molecule has 0 N–H and O–H groups in total. The van der Waals surface area contributed by atoms with Crippen LogP contribution in [-0.4, -0.2) is 0 Å². The summed E-state index contributed by atoms with van der Waals surface area (Å²) in [6.07, 6.45) is 7.57. The summed E-state index contributed by atoms with van der Waals surface area (Å²) in [5.74, 6) is 0.785. The lowest BCUT2D eigenvalue weighted by Gasteiger charge is -2.06. The number of allylic oxidation sites excluding steroid dienone is 3. The van der Waals surface area contributed by atoms with Crippen molar-refractivity contribution in [1.82, 2.24) is 0 Å². The minimum atomic E-state index is 0.713. The van der Waals surface area contributed by atoms with E-state index in [9.17, 15) is 0 Å². The second kappa shape index (κ2) is 2.97. The average Bonchev–Trinajstić information content (AvgIpc) is 1.91. The van der Waals surface area contributed by atoms with E-state index < -0.39 is 0 Å². The molecule has 1 rings (SSSR count). The van der Waals surface area contributed by atoms with Gasteiger partial charge in [-0.1, -0.05) is 6.08 Å². The predicted octanol–water partition coefficient (Wildman–Crippen LogP) is 1.92. The van der Waals surface area contributed by atoms with E-state index in [-0.39, 0.29) is 0 Å². The topological polar surface area (TPSA) is 18.5 Å². The van der Waals surface area contributed by atoms with E-state index in [1.54, 1.807) is 12.2 Å². The zero-order chi connectivity index (χ0) is 6.53. The molecule has 2 nitrogen and oxygen atoms in total. The Morgan fingerprint density at radius 2 is 2.56 bits per heavy atom. The van der Waals surface area contributed by atoms with Gasteiger partial charge in [-0.3, -0.25) is 9.78 Å². The maximum atomic E-state index is 4.72. The summed E-state index contributed by atoms with van der Waals surface area (Å²) in [6.45, 7) is 3.55. The minimum absolute atomic E-state index is 0.713. The fraction of sp³-hybridized carbons (Fsp3) is 0.143. The third-order valence-electron chi connectivity index (χ3n) is 0.917. The first kappa shape index (κ1) is 5.95. The van der Waals surface area contributed by atoms with E-state index in [0.29, 0.717) is 6.42 Å². The Balaban J connectivity index is 2.47. The average molecular weight is 124 g/mol. The molecule has 0 aromatic carbocycles. The summed E-state index contributed by atoms with van der Waals surface area (Å²) < 4.78 is 0. The van der Waals surface area contributed by atoms with Crippen molar-refractivity contribution in [2.24, 2.45) is 0 Å². The highest BCUT2D eigenvalue weighted by atomic mass is 17.2. The number of hydrogen-bond acceptors (Lipinski definition) is 2. The van der Waals surface area contributed by atoms with Crippen molar-refractivity contribution in [1.29, 1.82) is 0 Å². The fourth-order valence-corrected chi connectivity index (χ4v) is 0.540. The molecule has 1 aliphatic rings. The summed E-state index contributed by atoms with van der Waals surface area (Å²) in [4.78, 5) is 9.26. The van der Waals surface area contributed by atoms with Gasteiger partial charge in [-0.05, 0) is 12.2 Å². The highest BCUT2D eigenvalue weighted by molar-refractivity contribution is 5.09. The van der Waals surface area contributed by atoms with Crippen LogP contribution in [0, 0.1) is 0 Å². The van der Waals surface area contributed by atoms with Crippen LogP contribution < -0.4 is 0 Å². The Hall–Kier alpha value is -1.18. The number of hydrogen-bond donors (Lipinski definition) is 0. The molecule has 0 bridgehead atoms. The Kier molecular flexibility index (Phi) is 1.96. The van der Waals surface area contributed by atoms with Crippen molar-refractivity contribution >= 4 is 0 Å². The van der Waals surface area contributed by atoms with Crippen molar-refractivity contribution in [3.63, 3.8) is 0 Å². The first-order chi connectivity index (χ1) is 4.43. The monoisotopic (exact) mass is 124 g/mol. The van der Waals surface area contributed by atoms with Crippen LogP contribution in [0.4, 0.5) is 0 Å². The highest BCUT2D eigenvalue weighted by Crippen LogP contribution is 2.08. The lowest BCUT2D eigenvalue weighted by molar-refractivity contribution is -0.215. The van der Waals surface area contributed by atoms with Gasteiger partial charge in [0.2, 0.25) is 0 Å². The maximum Gasteiger partial charge on any atom is 0.159 e. The van der Waals surface area contributed by atoms with Gasteiger partial charge in [0.25, 0.3) is 0 Å². The molecule has 2 heteroatoms. The lowest BCUT2D eigenvalue weighted by Crippen LogP contribution is -1.91. The van der Waals surface area contributed by atoms with Crippen LogP contribution in [-0.2, 0) is 9.78 Å². The number of rotatable bonds is 2. The summed E-state index contributed by atoms with van der Waals surface area (Å²) in [5.41, 5.74) is 0. The second-order valence-corrected chi connectivity index (χ2v) is 1.63. The van der Waals surface area contributed by atoms with E-state index in [4.69, 9.17) is 4.89 Å². The largest absolute Gasteiger partial charge is 0.298 e. The van der Waals surface area contributed by atoms with Gasteiger partial charge in [0, 0.05) is 6.42 Å². The molecule has 0 spiro atoms. The van der Waals surface area contributed by atoms with Crippen molar-refractivity contribution in [2.45, 2.75) is 6.42 Å². The van der Waals surface area contributed by atoms with E-state index >= 15 is 0 Å². The van der Waals surface area contributed by atoms with Crippen LogP contribution in [0.2, 0.25) is 0 Å². The van der Waals surface area contributed by atoms with Gasteiger partial charge in [0.05, 0.1) is 0 Å². The van der Waals surface area contributed by atoms with Crippen LogP contribution in [0.15, 0.2) is 36.8 Å². The molecule has 1 aliphatic heterocycles. The minimum Gasteiger partial charge on any atom is -0.298 e. The van der Waals surface area contributed by atoms with E-state index in [2.05, 4.69) is 11.5 Å². The summed E-state index contributed by atoms with van der Waals surface area (Å²) in [7, 11) is 0.